The van der Waals surface area contributed by atoms with Crippen LogP contribution in [0.5, 0.6) is 0 Å². The maximum Gasteiger partial charge on any atom is 0.306 e. The van der Waals surface area contributed by atoms with Crippen LogP contribution in [0.2, 0.25) is 0 Å². The molecule has 0 aliphatic rings. The van der Waals surface area contributed by atoms with Gasteiger partial charge in [0.15, 0.2) is 6.10 Å². The van der Waals surface area contributed by atoms with Crippen molar-refractivity contribution < 1.29 is 28.6 Å². The van der Waals surface area contributed by atoms with Gasteiger partial charge in [-0.05, 0) is 96.3 Å². The minimum absolute atomic E-state index is 0.122. The molecule has 0 amide bonds. The first-order valence-corrected chi connectivity index (χ1v) is 23.8. The van der Waals surface area contributed by atoms with E-state index in [1.165, 1.54) is 12.8 Å². The van der Waals surface area contributed by atoms with E-state index in [1.807, 2.05) is 54.7 Å². The molecule has 0 bridgehead atoms. The van der Waals surface area contributed by atoms with Gasteiger partial charge in [0, 0.05) is 19.3 Å². The van der Waals surface area contributed by atoms with E-state index in [2.05, 4.69) is 99.8 Å². The molecule has 0 spiro atoms. The zero-order chi connectivity index (χ0) is 44.4. The molecule has 6 heteroatoms. The maximum atomic E-state index is 12.8. The zero-order valence-electron chi connectivity index (χ0n) is 38.6. The summed E-state index contributed by atoms with van der Waals surface area (Å²) < 4.78 is 16.6. The van der Waals surface area contributed by atoms with Gasteiger partial charge in [0.2, 0.25) is 0 Å². The Morgan fingerprint density at radius 3 is 1.16 bits per heavy atom. The fourth-order valence-electron chi connectivity index (χ4n) is 5.79. The van der Waals surface area contributed by atoms with E-state index >= 15 is 0 Å². The summed E-state index contributed by atoms with van der Waals surface area (Å²) in [5.41, 5.74) is 0. The molecule has 0 fully saturated rings. The lowest BCUT2D eigenvalue weighted by molar-refractivity contribution is -0.167. The van der Waals surface area contributed by atoms with Crippen molar-refractivity contribution in [1.82, 2.24) is 0 Å². The number of allylic oxidation sites excluding steroid dienone is 22. The Bertz CT molecular complexity index is 1380. The lowest BCUT2D eigenvalue weighted by Crippen LogP contribution is -2.30. The van der Waals surface area contributed by atoms with Gasteiger partial charge in [0.1, 0.15) is 13.2 Å². The Hall–Kier alpha value is -4.45. The van der Waals surface area contributed by atoms with Crippen LogP contribution in [-0.2, 0) is 28.6 Å². The third-order valence-corrected chi connectivity index (χ3v) is 9.26. The molecule has 0 radical (unpaired) electrons. The summed E-state index contributed by atoms with van der Waals surface area (Å²) in [4.78, 5) is 37.8. The first-order valence-electron chi connectivity index (χ1n) is 23.8. The second kappa shape index (κ2) is 48.2. The van der Waals surface area contributed by atoms with Gasteiger partial charge in [-0.3, -0.25) is 14.4 Å². The van der Waals surface area contributed by atoms with E-state index in [0.717, 1.165) is 116 Å². The highest BCUT2D eigenvalue weighted by Gasteiger charge is 2.19. The van der Waals surface area contributed by atoms with Crippen LogP contribution < -0.4 is 0 Å². The molecule has 0 aliphatic heterocycles. The van der Waals surface area contributed by atoms with Crippen LogP contribution >= 0.6 is 0 Å². The van der Waals surface area contributed by atoms with Crippen LogP contribution in [0.1, 0.15) is 175 Å². The summed E-state index contributed by atoms with van der Waals surface area (Å²) in [6.07, 6.45) is 67.3. The Kier molecular flexibility index (Phi) is 44.7. The number of hydrogen-bond donors (Lipinski definition) is 0. The SMILES string of the molecule is CC/C=C/C=C/C=C/C=C/C=C/CCCC(=O)OCC(COC(=O)CCCCCCCC/C=C/C/C=C/C/C=C/CC)OC(=O)CCCCCC/C=C/C/C=C/C/C=C/CC. The van der Waals surface area contributed by atoms with E-state index in [9.17, 15) is 14.4 Å². The van der Waals surface area contributed by atoms with Crippen molar-refractivity contribution in [2.75, 3.05) is 13.2 Å². The van der Waals surface area contributed by atoms with Crippen LogP contribution in [0.3, 0.4) is 0 Å². The van der Waals surface area contributed by atoms with E-state index in [0.29, 0.717) is 12.8 Å². The molecule has 0 aromatic heterocycles. The molecule has 0 aromatic carbocycles. The van der Waals surface area contributed by atoms with E-state index in [1.54, 1.807) is 0 Å². The average molecular weight is 841 g/mol. The molecule has 1 atom stereocenters. The molecule has 0 rings (SSSR count). The second-order valence-electron chi connectivity index (χ2n) is 15.0. The van der Waals surface area contributed by atoms with Crippen molar-refractivity contribution in [3.05, 3.63) is 134 Å². The first-order chi connectivity index (χ1) is 30.0. The predicted octanol–water partition coefficient (Wildman–Crippen LogP) is 15.5. The number of carbonyl (C=O) groups excluding carboxylic acids is 3. The van der Waals surface area contributed by atoms with Crippen molar-refractivity contribution in [1.29, 1.82) is 0 Å². The van der Waals surface area contributed by atoms with Crippen molar-refractivity contribution in [3.63, 3.8) is 0 Å². The topological polar surface area (TPSA) is 78.9 Å². The highest BCUT2D eigenvalue weighted by atomic mass is 16.6. The van der Waals surface area contributed by atoms with Gasteiger partial charge >= 0.3 is 17.9 Å². The molecule has 6 nitrogen and oxygen atoms in total. The molecular weight excluding hydrogens is 757 g/mol. The standard InChI is InChI=1S/C55H84O6/c1-4-7-10-13-16-19-22-25-27-28-31-33-36-39-42-45-48-54(57)60-51-52(50-59-53(56)47-44-41-38-35-32-29-24-21-18-15-12-9-6-3)61-55(58)49-46-43-40-37-34-30-26-23-20-17-14-11-8-5-2/h7-12,15-21,24-27,29-30,32,35,38,52H,4-6,13-14,22-23,28,31,33-34,36-37,39-51H2,1-3H3/b10-7+,11-8+,12-9+,18-15+,19-16+,20-17+,24-21+,27-25+,30-26+,32-29+,38-35+. The van der Waals surface area contributed by atoms with Crippen molar-refractivity contribution in [3.8, 4) is 0 Å². The predicted molar refractivity (Wildman–Crippen MR) is 260 cm³/mol. The van der Waals surface area contributed by atoms with Gasteiger partial charge in [0.25, 0.3) is 0 Å². The van der Waals surface area contributed by atoms with Crippen LogP contribution in [0.15, 0.2) is 134 Å². The van der Waals surface area contributed by atoms with Gasteiger partial charge in [0.05, 0.1) is 0 Å². The van der Waals surface area contributed by atoms with E-state index < -0.39 is 6.10 Å². The maximum absolute atomic E-state index is 12.8. The molecular formula is C55H84O6. The van der Waals surface area contributed by atoms with Gasteiger partial charge < -0.3 is 14.2 Å². The van der Waals surface area contributed by atoms with E-state index in [-0.39, 0.29) is 44.0 Å². The molecule has 61 heavy (non-hydrogen) atoms. The molecule has 340 valence electrons. The van der Waals surface area contributed by atoms with E-state index in [4.69, 9.17) is 14.2 Å². The number of hydrogen-bond acceptors (Lipinski definition) is 6. The number of ether oxygens (including phenoxy) is 3. The van der Waals surface area contributed by atoms with Gasteiger partial charge in [-0.2, -0.15) is 0 Å². The summed E-state index contributed by atoms with van der Waals surface area (Å²) >= 11 is 0. The summed E-state index contributed by atoms with van der Waals surface area (Å²) in [6, 6.07) is 0. The lowest BCUT2D eigenvalue weighted by atomic mass is 10.1. The summed E-state index contributed by atoms with van der Waals surface area (Å²) in [5.74, 6) is -1.05. The number of carbonyl (C=O) groups is 3. The summed E-state index contributed by atoms with van der Waals surface area (Å²) in [6.45, 7) is 6.14. The monoisotopic (exact) mass is 841 g/mol. The molecule has 0 aromatic rings. The molecule has 0 saturated carbocycles. The quantitative estimate of drug-likeness (QED) is 0.0201. The minimum atomic E-state index is -0.828. The third kappa shape index (κ3) is 46.5. The molecule has 0 N–H and O–H groups in total. The van der Waals surface area contributed by atoms with Crippen LogP contribution in [0, 0.1) is 0 Å². The molecule has 0 heterocycles. The van der Waals surface area contributed by atoms with Crippen molar-refractivity contribution in [2.45, 2.75) is 181 Å². The number of rotatable bonds is 40. The fraction of sp³-hybridized carbons (Fsp3) is 0.545. The number of esters is 3. The van der Waals surface area contributed by atoms with Crippen molar-refractivity contribution >= 4 is 17.9 Å². The third-order valence-electron chi connectivity index (χ3n) is 9.26. The van der Waals surface area contributed by atoms with Gasteiger partial charge in [-0.25, -0.2) is 0 Å². The molecule has 0 saturated heterocycles. The number of unbranched alkanes of at least 4 members (excludes halogenated alkanes) is 11. The summed E-state index contributed by atoms with van der Waals surface area (Å²) in [5, 5.41) is 0. The Morgan fingerprint density at radius 2 is 0.689 bits per heavy atom. The van der Waals surface area contributed by atoms with Crippen LogP contribution in [0.4, 0.5) is 0 Å². The Balaban J connectivity index is 4.57. The van der Waals surface area contributed by atoms with Crippen molar-refractivity contribution in [2.24, 2.45) is 0 Å². The summed E-state index contributed by atoms with van der Waals surface area (Å²) in [7, 11) is 0. The largest absolute Gasteiger partial charge is 0.462 e. The Morgan fingerprint density at radius 1 is 0.344 bits per heavy atom. The highest BCUT2D eigenvalue weighted by molar-refractivity contribution is 5.71. The van der Waals surface area contributed by atoms with Gasteiger partial charge in [-0.1, -0.05) is 193 Å². The first kappa shape index (κ1) is 56.5. The lowest BCUT2D eigenvalue weighted by Gasteiger charge is -2.18. The molecule has 1 unspecified atom stereocenters. The second-order valence-corrected chi connectivity index (χ2v) is 15.0. The minimum Gasteiger partial charge on any atom is -0.462 e. The van der Waals surface area contributed by atoms with Crippen LogP contribution in [0.25, 0.3) is 0 Å². The van der Waals surface area contributed by atoms with Crippen LogP contribution in [-0.4, -0.2) is 37.2 Å². The molecule has 0 aliphatic carbocycles. The highest BCUT2D eigenvalue weighted by Crippen LogP contribution is 2.12. The van der Waals surface area contributed by atoms with Gasteiger partial charge in [-0.15, -0.1) is 0 Å². The smallest absolute Gasteiger partial charge is 0.306 e. The normalized spacial score (nSPS) is 13.3. The average Bonchev–Trinajstić information content (AvgIpc) is 3.26. The Labute approximate surface area is 373 Å². The fourth-order valence-corrected chi connectivity index (χ4v) is 5.79. The zero-order valence-corrected chi connectivity index (χ0v) is 38.6.